The van der Waals surface area contributed by atoms with Crippen molar-refractivity contribution in [3.8, 4) is 0 Å². The van der Waals surface area contributed by atoms with Crippen molar-refractivity contribution in [2.24, 2.45) is 23.7 Å². The number of carboxylic acids is 1. The highest BCUT2D eigenvalue weighted by molar-refractivity contribution is 7.99. The highest BCUT2D eigenvalue weighted by Crippen LogP contribution is 2.39. The lowest BCUT2D eigenvalue weighted by molar-refractivity contribution is -0.344. The second kappa shape index (κ2) is 49.0. The highest BCUT2D eigenvalue weighted by atomic mass is 32.2. The van der Waals surface area contributed by atoms with Crippen LogP contribution >= 0.6 is 11.8 Å². The number of aliphatic hydroxyl groups is 15. The third-order valence-corrected chi connectivity index (χ3v) is 21.4. The number of ether oxygens (including phenoxy) is 10. The molecule has 10 unspecified atom stereocenters. The second-order valence-corrected chi connectivity index (χ2v) is 30.1. The van der Waals surface area contributed by atoms with Crippen molar-refractivity contribution in [3.63, 3.8) is 0 Å². The normalized spacial score (nSPS) is 33.8. The number of rotatable bonds is 51. The van der Waals surface area contributed by atoms with Crippen molar-refractivity contribution in [2.45, 2.75) is 296 Å². The summed E-state index contributed by atoms with van der Waals surface area (Å²) in [6.45, 7) is 1.50. The number of aliphatic carboxylic acids is 1. The molecule has 5 saturated heterocycles. The van der Waals surface area contributed by atoms with Crippen LogP contribution in [0.25, 0.3) is 0 Å². The number of thioether (sulfide) groups is 1. The average molecular weight is 1620 g/mol. The molecule has 642 valence electrons. The maximum atomic E-state index is 14.9. The molecule has 0 aromatic carbocycles. The largest absolute Gasteiger partial charge is 0.477 e. The molecule has 5 aliphatic heterocycles. The van der Waals surface area contributed by atoms with Crippen molar-refractivity contribution in [1.82, 2.24) is 26.6 Å². The van der Waals surface area contributed by atoms with Gasteiger partial charge in [0.25, 0.3) is 5.79 Å². The molecule has 111 heavy (non-hydrogen) atoms. The molecule has 5 heterocycles. The zero-order valence-corrected chi connectivity index (χ0v) is 64.7. The Hall–Kier alpha value is -4.33. The molecule has 0 aromatic rings. The summed E-state index contributed by atoms with van der Waals surface area (Å²) in [6.07, 6.45) is -28.8. The number of hydrogen-bond donors (Lipinski definition) is 21. The van der Waals surface area contributed by atoms with Crippen molar-refractivity contribution in [3.05, 3.63) is 0 Å². The van der Waals surface area contributed by atoms with E-state index in [2.05, 4.69) is 26.6 Å². The van der Waals surface area contributed by atoms with Crippen LogP contribution in [0, 0.1) is 23.7 Å². The molecule has 0 saturated carbocycles. The lowest BCUT2D eigenvalue weighted by Gasteiger charge is -2.47. The molecule has 39 nitrogen and oxygen atoms in total. The fourth-order valence-corrected chi connectivity index (χ4v) is 14.2. The number of carbonyl (C=O) groups is 8. The average Bonchev–Trinajstić information content (AvgIpc) is 0.777. The van der Waals surface area contributed by atoms with Gasteiger partial charge in [0.15, 0.2) is 36.7 Å². The van der Waals surface area contributed by atoms with Crippen LogP contribution in [0.4, 0.5) is 0 Å². The summed E-state index contributed by atoms with van der Waals surface area (Å²) in [4.78, 5) is 106. The van der Waals surface area contributed by atoms with Gasteiger partial charge in [-0.3, -0.25) is 33.6 Å². The smallest absolute Gasteiger partial charge is 0.364 e. The van der Waals surface area contributed by atoms with Gasteiger partial charge in [-0.25, -0.2) is 4.79 Å². The number of ketones is 3. The molecule has 5 fully saturated rings. The summed E-state index contributed by atoms with van der Waals surface area (Å²) in [5.41, 5.74) is 0. The molecule has 0 aromatic heterocycles. The van der Waals surface area contributed by atoms with E-state index in [0.29, 0.717) is 32.1 Å². The third kappa shape index (κ3) is 29.1. The SMILES string of the molecule is CN[C@@H](CCCCO[C@@H]1OC(COC2(C(=O)O)CC(O)[C@@H](C)[C@@H]([C@H](O)[C@H](O)CO)O2)[C@H](O)[C@H](O)C1C)C(=O)C[C@@H](CCCCO[C@@H]1OC(CO)[C@H](O)[C@H](O[C@@H]2OC(CO)[C@H](O)[C@H](O)C2O)C1NC(C)=O)C(=O)N[C@@H](CCCCO[C@@H]1OC(CO)[C@H](O)[C@H](O)C1C)C(=O)CCCCCC(=O)CCC(=O)NCNC(=O)CSC. The fraction of sp³-hybridized carbons (Fsp3) is 0.887. The number of Topliss-reactive ketones (excluding diaryl/α,β-unsaturated/α-hetero) is 3. The summed E-state index contributed by atoms with van der Waals surface area (Å²) < 4.78 is 58.5. The van der Waals surface area contributed by atoms with Gasteiger partial charge >= 0.3 is 5.97 Å². The van der Waals surface area contributed by atoms with Gasteiger partial charge in [-0.05, 0) is 77.5 Å². The monoisotopic (exact) mass is 1620 g/mol. The Balaban J connectivity index is 1.30. The Kier molecular flexibility index (Phi) is 43.0. The first-order valence-corrected chi connectivity index (χ1v) is 39.6. The zero-order chi connectivity index (χ0) is 82.4. The van der Waals surface area contributed by atoms with E-state index >= 15 is 0 Å². The number of likely N-dealkylation sites (N-methyl/N-ethyl adjacent to an activating group) is 1. The molecule has 4 amide bonds. The van der Waals surface area contributed by atoms with Crippen molar-refractivity contribution in [1.29, 1.82) is 0 Å². The van der Waals surface area contributed by atoms with Crippen LogP contribution in [-0.2, 0) is 85.7 Å². The van der Waals surface area contributed by atoms with Crippen LogP contribution in [0.2, 0.25) is 0 Å². The topological polar surface area (TPSA) is 613 Å². The summed E-state index contributed by atoms with van der Waals surface area (Å²) in [7, 11) is 1.54. The third-order valence-electron chi connectivity index (χ3n) is 20.9. The van der Waals surface area contributed by atoms with Crippen LogP contribution < -0.4 is 26.6 Å². The Labute approximate surface area is 648 Å². The lowest BCUT2D eigenvalue weighted by Crippen LogP contribution is -2.68. The Morgan fingerprint density at radius 1 is 0.559 bits per heavy atom. The Bertz CT molecular complexity index is 2830. The first-order valence-electron chi connectivity index (χ1n) is 38.2. The fourth-order valence-electron chi connectivity index (χ4n) is 13.8. The van der Waals surface area contributed by atoms with Crippen LogP contribution in [0.15, 0.2) is 0 Å². The second-order valence-electron chi connectivity index (χ2n) is 29.3. The minimum atomic E-state index is -2.65. The van der Waals surface area contributed by atoms with E-state index in [1.54, 1.807) is 13.2 Å². The molecular formula is C71H123N5O34S. The maximum Gasteiger partial charge on any atom is 0.364 e. The van der Waals surface area contributed by atoms with E-state index in [1.807, 2.05) is 0 Å². The molecule has 0 bridgehead atoms. The summed E-state index contributed by atoms with van der Waals surface area (Å²) in [6, 6.07) is -3.40. The molecule has 29 atom stereocenters. The van der Waals surface area contributed by atoms with E-state index in [4.69, 9.17) is 47.4 Å². The van der Waals surface area contributed by atoms with Gasteiger partial charge in [0, 0.05) is 88.9 Å². The predicted octanol–water partition coefficient (Wildman–Crippen LogP) is -6.16. The maximum absolute atomic E-state index is 14.9. The number of hydrogen-bond acceptors (Lipinski definition) is 35. The Morgan fingerprint density at radius 2 is 1.08 bits per heavy atom. The van der Waals surface area contributed by atoms with Crippen LogP contribution in [0.5, 0.6) is 0 Å². The standard InChI is InChI=1S/C71H123N5O34S/c1-35-45(85)27-71(70(99)100,110-63(35)56(91)46(86)28-77)104-32-50-59(94)55(90)37(3)67(108-50)102-23-14-11-18-41(72-5)44(84)26-39(16-10-13-25-103-68-53(75-38(4)81)64(60(95)49(31-80)106-68)109-69-62(97)61(96)58(93)48(30-79)107-69)65(98)76-42(19-12-15-24-101-66-36(2)54(89)57(92)47(29-78)105-66)43(83)20-9-7-8-17-40(82)21-22-51(87)73-34-74-52(88)33-111-6/h35-37,39,41-42,45-50,53-64,66-69,72,77-80,85-86,89-97H,7-34H2,1-6H3,(H,73,87)(H,74,88)(H,75,81)(H,76,98)(H,99,100)/t35-,36?,37?,39-,41+,42+,45?,46-,47?,48?,49?,50?,53?,54-,55-,56-,57+,58+,59+,60+,61+,62?,63+,64-,66-,67-,68-,69+,71?/m1/s1. The lowest BCUT2D eigenvalue weighted by atomic mass is 9.84. The van der Waals surface area contributed by atoms with Crippen molar-refractivity contribution in [2.75, 3.05) is 78.6 Å². The first-order chi connectivity index (χ1) is 52.7. The number of nitrogens with one attached hydrogen (secondary N) is 5. The quantitative estimate of drug-likeness (QED) is 0.0199. The number of unbranched alkanes of at least 4 members (excludes halogenated alkanes) is 5. The molecule has 0 spiro atoms. The minimum absolute atomic E-state index is 0.00310. The van der Waals surface area contributed by atoms with Gasteiger partial charge in [-0.15, -0.1) is 0 Å². The number of carboxylic acid groups (broad SMARTS) is 1. The summed E-state index contributed by atoms with van der Waals surface area (Å²) >= 11 is 1.32. The van der Waals surface area contributed by atoms with Crippen LogP contribution in [-0.4, -0.2) is 360 Å². The Morgan fingerprint density at radius 3 is 1.65 bits per heavy atom. The number of carbonyl (C=O) groups excluding carboxylic acids is 7. The van der Waals surface area contributed by atoms with Crippen molar-refractivity contribution >= 4 is 58.7 Å². The van der Waals surface area contributed by atoms with E-state index in [9.17, 15) is 120 Å². The van der Waals surface area contributed by atoms with Gasteiger partial charge in [0.05, 0.1) is 82.0 Å². The highest BCUT2D eigenvalue weighted by Gasteiger charge is 2.56. The molecule has 5 aliphatic rings. The van der Waals surface area contributed by atoms with Crippen LogP contribution in [0.1, 0.15) is 143 Å². The number of amides is 4. The minimum Gasteiger partial charge on any atom is -0.477 e. The molecule has 0 radical (unpaired) electrons. The van der Waals surface area contributed by atoms with Gasteiger partial charge in [-0.1, -0.05) is 33.6 Å². The molecule has 40 heteroatoms. The first kappa shape index (κ1) is 97.2. The molecule has 21 N–H and O–H groups in total. The predicted molar refractivity (Wildman–Crippen MR) is 384 cm³/mol. The van der Waals surface area contributed by atoms with Gasteiger partial charge < -0.3 is 156 Å². The zero-order valence-electron chi connectivity index (χ0n) is 63.9. The van der Waals surface area contributed by atoms with E-state index in [1.165, 1.54) is 32.7 Å². The van der Waals surface area contributed by atoms with Gasteiger partial charge in [0.1, 0.15) is 91.2 Å². The van der Waals surface area contributed by atoms with E-state index in [-0.39, 0.29) is 127 Å². The summed E-state index contributed by atoms with van der Waals surface area (Å²) in [5.74, 6) is -10.8. The van der Waals surface area contributed by atoms with Crippen LogP contribution in [0.3, 0.4) is 0 Å². The van der Waals surface area contributed by atoms with Gasteiger partial charge in [-0.2, -0.15) is 11.8 Å². The summed E-state index contributed by atoms with van der Waals surface area (Å²) in [5, 5.41) is 181. The van der Waals surface area contributed by atoms with Crippen molar-refractivity contribution < 1.29 is 167 Å². The van der Waals surface area contributed by atoms with E-state index in [0.717, 1.165) is 6.92 Å². The molecule has 5 rings (SSSR count). The number of aliphatic hydroxyl groups excluding tert-OH is 15. The van der Waals surface area contributed by atoms with E-state index < -0.39 is 245 Å². The van der Waals surface area contributed by atoms with Gasteiger partial charge in [0.2, 0.25) is 23.6 Å². The molecule has 0 aliphatic carbocycles. The molecular weight excluding hydrogens is 1500 g/mol.